The first-order chi connectivity index (χ1) is 8.37. The molecule has 1 aromatic carbocycles. The fourth-order valence-corrected chi connectivity index (χ4v) is 4.26. The van der Waals surface area contributed by atoms with Crippen molar-refractivity contribution >= 4 is 47.3 Å². The molecule has 1 aliphatic rings. The Hall–Kier alpha value is -0.650. The van der Waals surface area contributed by atoms with E-state index in [0.29, 0.717) is 25.4 Å². The Kier molecular flexibility index (Phi) is 3.67. The van der Waals surface area contributed by atoms with Crippen molar-refractivity contribution in [1.29, 1.82) is 0 Å². The van der Waals surface area contributed by atoms with Gasteiger partial charge in [-0.2, -0.15) is 0 Å². The summed E-state index contributed by atoms with van der Waals surface area (Å²) in [6.45, 7) is 5.46. The van der Waals surface area contributed by atoms with Crippen molar-refractivity contribution in [2.45, 2.75) is 11.8 Å². The Morgan fingerprint density at radius 1 is 1.39 bits per heavy atom. The molecule has 0 saturated heterocycles. The van der Waals surface area contributed by atoms with Crippen LogP contribution in [0.25, 0.3) is 5.57 Å². The van der Waals surface area contributed by atoms with Crippen LogP contribution in [0.1, 0.15) is 12.5 Å². The minimum atomic E-state index is -3.40. The van der Waals surface area contributed by atoms with E-state index in [9.17, 15) is 8.42 Å². The average molecular weight is 390 g/mol. The van der Waals surface area contributed by atoms with Crippen molar-refractivity contribution in [3.8, 4) is 0 Å². The molecule has 0 radical (unpaired) electrons. The number of hydrogen-bond acceptors (Lipinski definition) is 2. The Morgan fingerprint density at radius 3 is 2.61 bits per heavy atom. The molecule has 1 aromatic rings. The molecule has 18 heavy (non-hydrogen) atoms. The second-order valence-corrected chi connectivity index (χ2v) is 7.62. The van der Waals surface area contributed by atoms with E-state index >= 15 is 0 Å². The molecule has 2 rings (SSSR count). The molecular formula is C13H10Br2O2S. The molecule has 0 atom stereocenters. The number of halogens is 2. The third kappa shape index (κ3) is 2.15. The number of fused-ring (bicyclic) bond motifs is 1. The zero-order valence-corrected chi connectivity index (χ0v) is 13.6. The lowest BCUT2D eigenvalue weighted by atomic mass is 10.1. The number of benzene rings is 1. The lowest BCUT2D eigenvalue weighted by Gasteiger charge is -2.00. The van der Waals surface area contributed by atoms with Crippen LogP contribution in [0, 0.1) is 0 Å². The molecule has 0 N–H and O–H groups in total. The van der Waals surface area contributed by atoms with E-state index in [1.54, 1.807) is 31.2 Å². The highest BCUT2D eigenvalue weighted by atomic mass is 79.9. The van der Waals surface area contributed by atoms with E-state index < -0.39 is 9.84 Å². The molecule has 94 valence electrons. The molecule has 1 heterocycles. The van der Waals surface area contributed by atoms with E-state index in [-0.39, 0.29) is 0 Å². The Balaban J connectivity index is 2.86. The monoisotopic (exact) mass is 388 g/mol. The lowest BCUT2D eigenvalue weighted by Crippen LogP contribution is -1.96. The highest BCUT2D eigenvalue weighted by Crippen LogP contribution is 2.44. The third-order valence-corrected chi connectivity index (χ3v) is 5.33. The Morgan fingerprint density at radius 2 is 2.06 bits per heavy atom. The summed E-state index contributed by atoms with van der Waals surface area (Å²) < 4.78 is 26.2. The molecule has 0 bridgehead atoms. The lowest BCUT2D eigenvalue weighted by molar-refractivity contribution is 0.604. The molecule has 0 saturated carbocycles. The van der Waals surface area contributed by atoms with Gasteiger partial charge in [-0.05, 0) is 31.2 Å². The van der Waals surface area contributed by atoms with Crippen molar-refractivity contribution < 1.29 is 8.42 Å². The molecule has 1 aliphatic heterocycles. The summed E-state index contributed by atoms with van der Waals surface area (Å²) in [7, 11) is -3.40. The van der Waals surface area contributed by atoms with Gasteiger partial charge >= 0.3 is 0 Å². The van der Waals surface area contributed by atoms with Crippen LogP contribution in [0.2, 0.25) is 0 Å². The second kappa shape index (κ2) is 4.79. The minimum Gasteiger partial charge on any atom is -0.218 e. The zero-order chi connectivity index (χ0) is 13.5. The number of sulfone groups is 1. The molecule has 0 aromatic heterocycles. The summed E-state index contributed by atoms with van der Waals surface area (Å²) in [6.07, 6.45) is 3.34. The van der Waals surface area contributed by atoms with Gasteiger partial charge in [0.15, 0.2) is 0 Å². The Labute approximate surface area is 123 Å². The van der Waals surface area contributed by atoms with Crippen LogP contribution in [-0.2, 0) is 9.84 Å². The van der Waals surface area contributed by atoms with Crippen molar-refractivity contribution in [2.75, 3.05) is 0 Å². The smallest absolute Gasteiger partial charge is 0.207 e. The predicted octanol–water partition coefficient (Wildman–Crippen LogP) is 4.43. The molecule has 0 fully saturated rings. The van der Waals surface area contributed by atoms with Crippen molar-refractivity contribution in [3.63, 3.8) is 0 Å². The summed E-state index contributed by atoms with van der Waals surface area (Å²) in [6, 6.07) is 5.16. The summed E-state index contributed by atoms with van der Waals surface area (Å²) in [5.41, 5.74) is 1.38. The molecule has 2 nitrogen and oxygen atoms in total. The first-order valence-electron chi connectivity index (χ1n) is 5.15. The molecule has 0 unspecified atom stereocenters. The fraction of sp³-hybridized carbons (Fsp3) is 0.0769. The maximum absolute atomic E-state index is 12.3. The van der Waals surface area contributed by atoms with E-state index in [0.717, 1.165) is 4.47 Å². The molecular weight excluding hydrogens is 380 g/mol. The van der Waals surface area contributed by atoms with Gasteiger partial charge in [0.2, 0.25) is 9.84 Å². The van der Waals surface area contributed by atoms with Gasteiger partial charge in [0, 0.05) is 20.1 Å². The van der Waals surface area contributed by atoms with Gasteiger partial charge in [0.05, 0.1) is 9.80 Å². The van der Waals surface area contributed by atoms with Crippen LogP contribution in [-0.4, -0.2) is 8.42 Å². The predicted molar refractivity (Wildman–Crippen MR) is 81.1 cm³/mol. The topological polar surface area (TPSA) is 34.1 Å². The van der Waals surface area contributed by atoms with E-state index in [2.05, 4.69) is 38.4 Å². The quantitative estimate of drug-likeness (QED) is 0.711. The maximum Gasteiger partial charge on any atom is 0.207 e. The summed E-state index contributed by atoms with van der Waals surface area (Å²) >= 11 is 6.61. The Bertz CT molecular complexity index is 698. The zero-order valence-electron chi connectivity index (χ0n) is 9.57. The minimum absolute atomic E-state index is 0.330. The maximum atomic E-state index is 12.3. The molecule has 0 aliphatic carbocycles. The van der Waals surface area contributed by atoms with Gasteiger partial charge in [-0.25, -0.2) is 8.42 Å². The number of hydrogen-bond donors (Lipinski definition) is 0. The molecule has 0 amide bonds. The van der Waals surface area contributed by atoms with Gasteiger partial charge in [-0.3, -0.25) is 0 Å². The van der Waals surface area contributed by atoms with Gasteiger partial charge in [-0.15, -0.1) is 0 Å². The van der Waals surface area contributed by atoms with Crippen LogP contribution < -0.4 is 0 Å². The molecule has 0 spiro atoms. The van der Waals surface area contributed by atoms with Crippen LogP contribution in [0.3, 0.4) is 0 Å². The largest absolute Gasteiger partial charge is 0.218 e. The third-order valence-electron chi connectivity index (χ3n) is 2.64. The highest BCUT2D eigenvalue weighted by Gasteiger charge is 2.35. The SMILES string of the molecule is C=C(Br)/C=C1\C(=C/C)S(=O)(=O)c2ccc(Br)cc21. The normalized spacial score (nSPS) is 21.3. The van der Waals surface area contributed by atoms with Gasteiger partial charge in [0.25, 0.3) is 0 Å². The first kappa shape index (κ1) is 13.8. The van der Waals surface area contributed by atoms with Crippen molar-refractivity contribution in [2.24, 2.45) is 0 Å². The highest BCUT2D eigenvalue weighted by molar-refractivity contribution is 9.11. The molecule has 5 heteroatoms. The van der Waals surface area contributed by atoms with Crippen molar-refractivity contribution in [1.82, 2.24) is 0 Å². The van der Waals surface area contributed by atoms with Crippen LogP contribution in [0.5, 0.6) is 0 Å². The standard InChI is InChI=1S/C13H10Br2O2S/c1-3-12-10(6-8(2)14)11-7-9(15)4-5-13(11)18(12,16)17/h3-7H,2H2,1H3/b10-6-,12-3+. The van der Waals surface area contributed by atoms with Crippen LogP contribution >= 0.6 is 31.9 Å². The summed E-state index contributed by atoms with van der Waals surface area (Å²) in [4.78, 5) is 0.676. The first-order valence-corrected chi connectivity index (χ1v) is 8.22. The fourth-order valence-electron chi connectivity index (χ4n) is 1.96. The number of allylic oxidation sites excluding steroid dienone is 4. The van der Waals surface area contributed by atoms with Gasteiger partial charge < -0.3 is 0 Å². The van der Waals surface area contributed by atoms with Gasteiger partial charge in [0.1, 0.15) is 0 Å². The van der Waals surface area contributed by atoms with Crippen molar-refractivity contribution in [3.05, 3.63) is 56.4 Å². The van der Waals surface area contributed by atoms with Gasteiger partial charge in [-0.1, -0.05) is 44.5 Å². The summed E-state index contributed by atoms with van der Waals surface area (Å²) in [5, 5.41) is 0. The second-order valence-electron chi connectivity index (χ2n) is 3.80. The summed E-state index contributed by atoms with van der Waals surface area (Å²) in [5.74, 6) is 0. The van der Waals surface area contributed by atoms with E-state index in [1.807, 2.05) is 6.07 Å². The average Bonchev–Trinajstić information content (AvgIpc) is 2.46. The number of rotatable bonds is 1. The van der Waals surface area contributed by atoms with E-state index in [4.69, 9.17) is 0 Å². The van der Waals surface area contributed by atoms with Crippen LogP contribution in [0.4, 0.5) is 0 Å². The van der Waals surface area contributed by atoms with E-state index in [1.165, 1.54) is 0 Å². The van der Waals surface area contributed by atoms with Crippen LogP contribution in [0.15, 0.2) is 55.7 Å².